The van der Waals surface area contributed by atoms with Crippen LogP contribution in [0.4, 0.5) is 13.2 Å². The highest BCUT2D eigenvalue weighted by molar-refractivity contribution is 5.78. The van der Waals surface area contributed by atoms with Gasteiger partial charge in [0.2, 0.25) is 5.91 Å². The van der Waals surface area contributed by atoms with Crippen molar-refractivity contribution in [3.8, 4) is 0 Å². The van der Waals surface area contributed by atoms with Crippen LogP contribution in [0.1, 0.15) is 19.3 Å². The number of nitrogens with zero attached hydrogens (tertiary/aromatic N) is 1. The zero-order chi connectivity index (χ0) is 15.3. The molecule has 3 N–H and O–H groups in total. The van der Waals surface area contributed by atoms with E-state index >= 15 is 0 Å². The number of hydrogen-bond donors (Lipinski definition) is 3. The Labute approximate surface area is 113 Å². The van der Waals surface area contributed by atoms with Crippen LogP contribution >= 0.6 is 0 Å². The van der Waals surface area contributed by atoms with Crippen LogP contribution in [0.25, 0.3) is 0 Å². The van der Waals surface area contributed by atoms with Gasteiger partial charge < -0.3 is 20.4 Å². The number of piperidine rings is 1. The van der Waals surface area contributed by atoms with E-state index in [4.69, 9.17) is 9.90 Å². The van der Waals surface area contributed by atoms with Gasteiger partial charge in [-0.3, -0.25) is 4.79 Å². The fraction of sp³-hybridized carbons (Fsp3) is 0.818. The number of alkyl halides is 3. The molecule has 0 bridgehead atoms. The van der Waals surface area contributed by atoms with Gasteiger partial charge in [-0.25, -0.2) is 4.79 Å². The molecule has 0 aromatic rings. The third-order valence-electron chi connectivity index (χ3n) is 3.17. The van der Waals surface area contributed by atoms with Gasteiger partial charge in [0.05, 0.1) is 12.1 Å². The van der Waals surface area contributed by atoms with E-state index in [0.717, 1.165) is 25.9 Å². The predicted molar refractivity (Wildman–Crippen MR) is 61.9 cm³/mol. The lowest BCUT2D eigenvalue weighted by Crippen LogP contribution is -2.53. The second-order valence-corrected chi connectivity index (χ2v) is 4.62. The number of likely N-dealkylation sites (tertiary alicyclic amines) is 1. The molecule has 1 amide bonds. The van der Waals surface area contributed by atoms with Crippen molar-refractivity contribution in [1.82, 2.24) is 10.2 Å². The van der Waals surface area contributed by atoms with Gasteiger partial charge >= 0.3 is 12.1 Å². The summed E-state index contributed by atoms with van der Waals surface area (Å²) < 4.78 is 31.7. The van der Waals surface area contributed by atoms with E-state index in [1.807, 2.05) is 4.90 Å². The average Bonchev–Trinajstić information content (AvgIpc) is 2.75. The number of β-amino-alcohol motifs (C(OH)–C–C–N with tert-alkyl or cyclic N) is 1. The minimum Gasteiger partial charge on any atom is -0.475 e. The molecular formula is C11H17F3N2O4. The summed E-state index contributed by atoms with van der Waals surface area (Å²) in [6, 6.07) is 0.0660. The molecule has 9 heteroatoms. The van der Waals surface area contributed by atoms with Crippen LogP contribution in [-0.2, 0) is 9.59 Å². The highest BCUT2D eigenvalue weighted by Crippen LogP contribution is 2.19. The summed E-state index contributed by atoms with van der Waals surface area (Å²) in [6.07, 6.45) is -2.96. The first-order chi connectivity index (χ1) is 9.23. The highest BCUT2D eigenvalue weighted by Gasteiger charge is 2.38. The normalized spacial score (nSPS) is 27.0. The Morgan fingerprint density at radius 2 is 2.00 bits per heavy atom. The monoisotopic (exact) mass is 298 g/mol. The number of amides is 1. The number of aliphatic carboxylic acids is 1. The zero-order valence-corrected chi connectivity index (χ0v) is 10.7. The lowest BCUT2D eigenvalue weighted by molar-refractivity contribution is -0.192. The molecule has 20 heavy (non-hydrogen) atoms. The number of nitrogens with one attached hydrogen (secondary N) is 1. The number of hydrogen-bond acceptors (Lipinski definition) is 4. The summed E-state index contributed by atoms with van der Waals surface area (Å²) >= 11 is 0. The van der Waals surface area contributed by atoms with Crippen molar-refractivity contribution in [1.29, 1.82) is 0 Å². The molecule has 2 saturated heterocycles. The number of carbonyl (C=O) groups excluding carboxylic acids is 1. The lowest BCUT2D eigenvalue weighted by atomic mass is 10.0. The van der Waals surface area contributed by atoms with Crippen LogP contribution in [-0.4, -0.2) is 64.9 Å². The fourth-order valence-electron chi connectivity index (χ4n) is 2.21. The number of carboxylic acid groups (broad SMARTS) is 1. The van der Waals surface area contributed by atoms with Gasteiger partial charge in [0.1, 0.15) is 0 Å². The van der Waals surface area contributed by atoms with E-state index in [9.17, 15) is 23.1 Å². The molecule has 2 aliphatic rings. The zero-order valence-electron chi connectivity index (χ0n) is 10.7. The quantitative estimate of drug-likeness (QED) is 0.632. The lowest BCUT2D eigenvalue weighted by Gasteiger charge is -2.35. The van der Waals surface area contributed by atoms with Crippen LogP contribution < -0.4 is 5.32 Å². The molecule has 2 aliphatic heterocycles. The Kier molecular flexibility index (Phi) is 5.75. The molecule has 0 radical (unpaired) electrons. The number of aliphatic hydroxyl groups is 1. The van der Waals surface area contributed by atoms with E-state index in [1.165, 1.54) is 0 Å². The van der Waals surface area contributed by atoms with E-state index in [2.05, 4.69) is 5.32 Å². The first kappa shape index (κ1) is 16.7. The summed E-state index contributed by atoms with van der Waals surface area (Å²) in [5, 5.41) is 19.9. The molecule has 0 aliphatic carbocycles. The number of carboxylic acids is 1. The standard InChI is InChI=1S/C9H16N2O2.C2HF3O2/c12-8-6-10-4-3-7(8)11-5-1-2-9(11)13;3-2(4,5)1(6)7/h7-8,10,12H,1-6H2;(H,6,7)/t7-,8-;/m1./s1. The molecule has 0 aromatic heterocycles. The molecule has 0 aromatic carbocycles. The first-order valence-corrected chi connectivity index (χ1v) is 6.22. The minimum atomic E-state index is -5.08. The topological polar surface area (TPSA) is 89.9 Å². The van der Waals surface area contributed by atoms with Crippen LogP contribution in [0.3, 0.4) is 0 Å². The number of halogens is 3. The molecule has 0 spiro atoms. The Hall–Kier alpha value is -1.35. The largest absolute Gasteiger partial charge is 0.490 e. The van der Waals surface area contributed by atoms with Crippen molar-refractivity contribution in [2.75, 3.05) is 19.6 Å². The number of rotatable bonds is 1. The van der Waals surface area contributed by atoms with Gasteiger partial charge in [-0.05, 0) is 19.4 Å². The van der Waals surface area contributed by atoms with Gasteiger partial charge in [-0.2, -0.15) is 13.2 Å². The molecule has 6 nitrogen and oxygen atoms in total. The van der Waals surface area contributed by atoms with Gasteiger partial charge in [0.25, 0.3) is 0 Å². The molecule has 0 saturated carbocycles. The molecule has 2 fully saturated rings. The molecular weight excluding hydrogens is 281 g/mol. The van der Waals surface area contributed by atoms with Crippen molar-refractivity contribution in [3.63, 3.8) is 0 Å². The highest BCUT2D eigenvalue weighted by atomic mass is 19.4. The summed E-state index contributed by atoms with van der Waals surface area (Å²) in [4.78, 5) is 22.2. The van der Waals surface area contributed by atoms with Crippen LogP contribution in [0.2, 0.25) is 0 Å². The van der Waals surface area contributed by atoms with Crippen molar-refractivity contribution in [2.24, 2.45) is 0 Å². The summed E-state index contributed by atoms with van der Waals surface area (Å²) in [5.74, 6) is -2.54. The number of carbonyl (C=O) groups is 2. The van der Waals surface area contributed by atoms with Gasteiger partial charge in [-0.15, -0.1) is 0 Å². The Bertz CT molecular complexity index is 362. The van der Waals surface area contributed by atoms with E-state index in [0.29, 0.717) is 13.0 Å². The Balaban J connectivity index is 0.000000246. The Morgan fingerprint density at radius 3 is 2.40 bits per heavy atom. The first-order valence-electron chi connectivity index (χ1n) is 6.22. The third-order valence-corrected chi connectivity index (χ3v) is 3.17. The van der Waals surface area contributed by atoms with Crippen LogP contribution in [0.5, 0.6) is 0 Å². The van der Waals surface area contributed by atoms with Crippen molar-refractivity contribution >= 4 is 11.9 Å². The van der Waals surface area contributed by atoms with Crippen LogP contribution in [0, 0.1) is 0 Å². The molecule has 2 rings (SSSR count). The predicted octanol–water partition coefficient (Wildman–Crippen LogP) is -0.0351. The number of aliphatic hydroxyl groups excluding tert-OH is 1. The second kappa shape index (κ2) is 6.89. The van der Waals surface area contributed by atoms with Gasteiger partial charge in [0, 0.05) is 19.5 Å². The minimum absolute atomic E-state index is 0.0660. The SMILES string of the molecule is O=C(O)C(F)(F)F.O=C1CCCN1[C@@H]1CCNC[C@H]1O. The van der Waals surface area contributed by atoms with E-state index < -0.39 is 12.1 Å². The van der Waals surface area contributed by atoms with E-state index in [-0.39, 0.29) is 18.1 Å². The van der Waals surface area contributed by atoms with Crippen molar-refractivity contribution < 1.29 is 33.0 Å². The Morgan fingerprint density at radius 1 is 1.40 bits per heavy atom. The third kappa shape index (κ3) is 4.64. The maximum absolute atomic E-state index is 11.4. The van der Waals surface area contributed by atoms with Gasteiger partial charge in [-0.1, -0.05) is 0 Å². The summed E-state index contributed by atoms with van der Waals surface area (Å²) in [5.41, 5.74) is 0. The molecule has 2 atom stereocenters. The van der Waals surface area contributed by atoms with Gasteiger partial charge in [0.15, 0.2) is 0 Å². The van der Waals surface area contributed by atoms with Crippen molar-refractivity contribution in [2.45, 2.75) is 37.6 Å². The molecule has 116 valence electrons. The maximum Gasteiger partial charge on any atom is 0.490 e. The van der Waals surface area contributed by atoms with Crippen molar-refractivity contribution in [3.05, 3.63) is 0 Å². The van der Waals surface area contributed by atoms with Crippen LogP contribution in [0.15, 0.2) is 0 Å². The second-order valence-electron chi connectivity index (χ2n) is 4.62. The smallest absolute Gasteiger partial charge is 0.475 e. The summed E-state index contributed by atoms with van der Waals surface area (Å²) in [7, 11) is 0. The molecule has 0 unspecified atom stereocenters. The summed E-state index contributed by atoms with van der Waals surface area (Å²) in [6.45, 7) is 2.36. The van der Waals surface area contributed by atoms with E-state index in [1.54, 1.807) is 0 Å². The average molecular weight is 298 g/mol. The molecule has 2 heterocycles. The fourth-order valence-corrected chi connectivity index (χ4v) is 2.21. The maximum atomic E-state index is 11.4.